The predicted octanol–water partition coefficient (Wildman–Crippen LogP) is 1.79. The average molecular weight is 305 g/mol. The Bertz CT molecular complexity index is 557. The number of aliphatic hydroxyl groups is 1. The van der Waals surface area contributed by atoms with Gasteiger partial charge >= 0.3 is 0 Å². The van der Waals surface area contributed by atoms with Crippen LogP contribution in [-0.4, -0.2) is 26.2 Å². The molecule has 7 heteroatoms. The van der Waals surface area contributed by atoms with Crippen LogP contribution in [0.4, 0.5) is 8.78 Å². The van der Waals surface area contributed by atoms with E-state index in [9.17, 15) is 22.3 Å². The van der Waals surface area contributed by atoms with Gasteiger partial charge in [-0.15, -0.1) is 0 Å². The summed E-state index contributed by atoms with van der Waals surface area (Å²) in [5.41, 5.74) is 0. The minimum Gasteiger partial charge on any atom is -0.393 e. The van der Waals surface area contributed by atoms with Gasteiger partial charge in [-0.1, -0.05) is 18.9 Å². The fourth-order valence-electron chi connectivity index (χ4n) is 2.45. The summed E-state index contributed by atoms with van der Waals surface area (Å²) in [6.45, 7) is -0.0166. The van der Waals surface area contributed by atoms with Gasteiger partial charge in [-0.3, -0.25) is 0 Å². The molecule has 0 heterocycles. The molecule has 0 spiro atoms. The number of sulfonamides is 1. The number of rotatable bonds is 4. The standard InChI is InChI=1S/C13H17F2NO3S/c14-10-5-3-6-11(15)13(10)20(18,19)16-8-9-4-1-2-7-12(9)17/h3,5-6,9,12,16-17H,1-2,4,7-8H2. The van der Waals surface area contributed by atoms with Crippen LogP contribution in [0.2, 0.25) is 0 Å². The van der Waals surface area contributed by atoms with Crippen molar-refractivity contribution in [3.8, 4) is 0 Å². The molecule has 112 valence electrons. The molecule has 1 saturated carbocycles. The Hall–Kier alpha value is -1.05. The van der Waals surface area contributed by atoms with E-state index >= 15 is 0 Å². The first-order valence-corrected chi connectivity index (χ1v) is 8.02. The molecule has 1 aliphatic rings. The molecule has 0 radical (unpaired) electrons. The second-order valence-electron chi connectivity index (χ2n) is 5.01. The first kappa shape index (κ1) is 15.3. The fraction of sp³-hybridized carbons (Fsp3) is 0.538. The van der Waals surface area contributed by atoms with Gasteiger partial charge in [0.1, 0.15) is 11.6 Å². The van der Waals surface area contributed by atoms with Crippen LogP contribution in [0.5, 0.6) is 0 Å². The summed E-state index contributed by atoms with van der Waals surface area (Å²) in [6.07, 6.45) is 2.57. The summed E-state index contributed by atoms with van der Waals surface area (Å²) in [5.74, 6) is -2.46. The maximum absolute atomic E-state index is 13.5. The van der Waals surface area contributed by atoms with E-state index in [-0.39, 0.29) is 12.5 Å². The Morgan fingerprint density at radius 2 is 1.80 bits per heavy atom. The van der Waals surface area contributed by atoms with Crippen LogP contribution < -0.4 is 4.72 Å². The summed E-state index contributed by atoms with van der Waals surface area (Å²) in [6, 6.07) is 2.90. The van der Waals surface area contributed by atoms with Crippen LogP contribution >= 0.6 is 0 Å². The van der Waals surface area contributed by atoms with Gasteiger partial charge in [-0.25, -0.2) is 21.9 Å². The largest absolute Gasteiger partial charge is 0.393 e. The maximum atomic E-state index is 13.5. The molecule has 2 atom stereocenters. The van der Waals surface area contributed by atoms with Crippen LogP contribution in [-0.2, 0) is 10.0 Å². The monoisotopic (exact) mass is 305 g/mol. The molecule has 1 aromatic carbocycles. The zero-order chi connectivity index (χ0) is 14.8. The van der Waals surface area contributed by atoms with Gasteiger partial charge in [0.15, 0.2) is 4.90 Å². The maximum Gasteiger partial charge on any atom is 0.246 e. The molecule has 20 heavy (non-hydrogen) atoms. The van der Waals surface area contributed by atoms with Crippen LogP contribution in [0.15, 0.2) is 23.1 Å². The van der Waals surface area contributed by atoms with Crippen molar-refractivity contribution >= 4 is 10.0 Å². The number of benzene rings is 1. The molecule has 2 N–H and O–H groups in total. The molecule has 0 bridgehead atoms. The molecule has 2 rings (SSSR count). The molecule has 2 unspecified atom stereocenters. The van der Waals surface area contributed by atoms with Crippen LogP contribution in [0.3, 0.4) is 0 Å². The Kier molecular flexibility index (Phi) is 4.72. The predicted molar refractivity (Wildman–Crippen MR) is 69.5 cm³/mol. The molecule has 1 fully saturated rings. The van der Waals surface area contributed by atoms with E-state index in [1.54, 1.807) is 0 Å². The number of aliphatic hydroxyl groups excluding tert-OH is 1. The molecule has 4 nitrogen and oxygen atoms in total. The molecular formula is C13H17F2NO3S. The summed E-state index contributed by atoms with van der Waals surface area (Å²) in [5, 5.41) is 9.76. The lowest BCUT2D eigenvalue weighted by Gasteiger charge is -2.27. The SMILES string of the molecule is O=S(=O)(NCC1CCCCC1O)c1c(F)cccc1F. The Balaban J connectivity index is 2.11. The quantitative estimate of drug-likeness (QED) is 0.891. The molecule has 1 aliphatic carbocycles. The molecular weight excluding hydrogens is 288 g/mol. The van der Waals surface area contributed by atoms with Crippen molar-refractivity contribution in [3.63, 3.8) is 0 Å². The lowest BCUT2D eigenvalue weighted by molar-refractivity contribution is 0.0724. The second kappa shape index (κ2) is 6.15. The van der Waals surface area contributed by atoms with Crippen LogP contribution in [0.1, 0.15) is 25.7 Å². The smallest absolute Gasteiger partial charge is 0.246 e. The second-order valence-corrected chi connectivity index (χ2v) is 6.72. The molecule has 1 aromatic rings. The van der Waals surface area contributed by atoms with E-state index < -0.39 is 32.7 Å². The van der Waals surface area contributed by atoms with Crippen molar-refractivity contribution in [3.05, 3.63) is 29.8 Å². The van der Waals surface area contributed by atoms with E-state index in [2.05, 4.69) is 4.72 Å². The molecule has 0 aliphatic heterocycles. The minimum atomic E-state index is -4.26. The van der Waals surface area contributed by atoms with Gasteiger partial charge in [-0.05, 0) is 30.9 Å². The first-order chi connectivity index (χ1) is 9.42. The van der Waals surface area contributed by atoms with Crippen molar-refractivity contribution in [1.82, 2.24) is 4.72 Å². The summed E-state index contributed by atoms with van der Waals surface area (Å²) in [7, 11) is -4.26. The van der Waals surface area contributed by atoms with E-state index in [1.165, 1.54) is 0 Å². The average Bonchev–Trinajstić information content (AvgIpc) is 2.37. The van der Waals surface area contributed by atoms with Gasteiger partial charge in [0, 0.05) is 6.54 Å². The Morgan fingerprint density at radius 3 is 2.40 bits per heavy atom. The number of hydrogen-bond donors (Lipinski definition) is 2. The van der Waals surface area contributed by atoms with Crippen molar-refractivity contribution in [1.29, 1.82) is 0 Å². The van der Waals surface area contributed by atoms with Gasteiger partial charge < -0.3 is 5.11 Å². The highest BCUT2D eigenvalue weighted by molar-refractivity contribution is 7.89. The van der Waals surface area contributed by atoms with Gasteiger partial charge in [0.25, 0.3) is 0 Å². The van der Waals surface area contributed by atoms with Crippen molar-refractivity contribution in [2.75, 3.05) is 6.54 Å². The summed E-state index contributed by atoms with van der Waals surface area (Å²) >= 11 is 0. The highest BCUT2D eigenvalue weighted by Crippen LogP contribution is 2.24. The Morgan fingerprint density at radius 1 is 1.20 bits per heavy atom. The normalized spacial score (nSPS) is 23.8. The Labute approximate surface area is 116 Å². The van der Waals surface area contributed by atoms with Crippen molar-refractivity contribution in [2.45, 2.75) is 36.7 Å². The van der Waals surface area contributed by atoms with Crippen LogP contribution in [0, 0.1) is 17.6 Å². The summed E-state index contributed by atoms with van der Waals surface area (Å²) < 4.78 is 53.0. The zero-order valence-electron chi connectivity index (χ0n) is 10.9. The van der Waals surface area contributed by atoms with E-state index in [4.69, 9.17) is 0 Å². The van der Waals surface area contributed by atoms with Crippen LogP contribution in [0.25, 0.3) is 0 Å². The third-order valence-electron chi connectivity index (χ3n) is 3.59. The molecule has 0 saturated heterocycles. The first-order valence-electron chi connectivity index (χ1n) is 6.53. The van der Waals surface area contributed by atoms with Crippen molar-refractivity contribution in [2.24, 2.45) is 5.92 Å². The minimum absolute atomic E-state index is 0.0166. The molecule has 0 aromatic heterocycles. The lowest BCUT2D eigenvalue weighted by Crippen LogP contribution is -2.37. The third-order valence-corrected chi connectivity index (χ3v) is 5.07. The zero-order valence-corrected chi connectivity index (χ0v) is 11.7. The highest BCUT2D eigenvalue weighted by Gasteiger charge is 2.28. The molecule has 0 amide bonds. The van der Waals surface area contributed by atoms with Gasteiger partial charge in [-0.2, -0.15) is 0 Å². The number of nitrogens with one attached hydrogen (secondary N) is 1. The highest BCUT2D eigenvalue weighted by atomic mass is 32.2. The van der Waals surface area contributed by atoms with Crippen molar-refractivity contribution < 1.29 is 22.3 Å². The van der Waals surface area contributed by atoms with Gasteiger partial charge in [0.05, 0.1) is 6.10 Å². The fourth-order valence-corrected chi connectivity index (χ4v) is 3.68. The lowest BCUT2D eigenvalue weighted by atomic mass is 9.87. The van der Waals surface area contributed by atoms with E-state index in [0.29, 0.717) is 12.8 Å². The van der Waals surface area contributed by atoms with Gasteiger partial charge in [0.2, 0.25) is 10.0 Å². The van der Waals surface area contributed by atoms with E-state index in [1.807, 2.05) is 0 Å². The number of hydrogen-bond acceptors (Lipinski definition) is 3. The topological polar surface area (TPSA) is 66.4 Å². The number of halogens is 2. The van der Waals surface area contributed by atoms with E-state index in [0.717, 1.165) is 31.0 Å². The third kappa shape index (κ3) is 3.34. The summed E-state index contributed by atoms with van der Waals surface area (Å²) in [4.78, 5) is -0.967.